The SMILES string of the molecule is Cc1cc(CNc2ccc(Cl)cn2)on1. The summed E-state index contributed by atoms with van der Waals surface area (Å²) in [6.07, 6.45) is 1.59. The number of pyridine rings is 1. The smallest absolute Gasteiger partial charge is 0.156 e. The van der Waals surface area contributed by atoms with Crippen LogP contribution in [0.5, 0.6) is 0 Å². The molecule has 4 nitrogen and oxygen atoms in total. The van der Waals surface area contributed by atoms with E-state index in [0.29, 0.717) is 11.6 Å². The second-order valence-electron chi connectivity index (χ2n) is 3.15. The van der Waals surface area contributed by atoms with Crippen LogP contribution in [0.2, 0.25) is 5.02 Å². The molecule has 0 atom stereocenters. The van der Waals surface area contributed by atoms with Crippen molar-refractivity contribution in [1.29, 1.82) is 0 Å². The molecule has 0 fully saturated rings. The maximum atomic E-state index is 5.71. The molecular weight excluding hydrogens is 214 g/mol. The Bertz CT molecular complexity index is 438. The lowest BCUT2D eigenvalue weighted by Gasteiger charge is -2.01. The summed E-state index contributed by atoms with van der Waals surface area (Å²) in [6, 6.07) is 5.47. The number of aryl methyl sites for hydroxylation is 1. The van der Waals surface area contributed by atoms with Crippen LogP contribution < -0.4 is 5.32 Å². The molecule has 0 unspecified atom stereocenters. The van der Waals surface area contributed by atoms with Crippen LogP contribution in [-0.2, 0) is 6.54 Å². The van der Waals surface area contributed by atoms with Gasteiger partial charge in [-0.2, -0.15) is 0 Å². The zero-order chi connectivity index (χ0) is 10.7. The van der Waals surface area contributed by atoms with E-state index >= 15 is 0 Å². The lowest BCUT2D eigenvalue weighted by molar-refractivity contribution is 0.384. The summed E-state index contributed by atoms with van der Waals surface area (Å²) < 4.78 is 5.04. The first-order valence-electron chi connectivity index (χ1n) is 4.51. The molecule has 0 radical (unpaired) electrons. The van der Waals surface area contributed by atoms with Gasteiger partial charge >= 0.3 is 0 Å². The van der Waals surface area contributed by atoms with Crippen LogP contribution >= 0.6 is 11.6 Å². The van der Waals surface area contributed by atoms with E-state index in [4.69, 9.17) is 16.1 Å². The van der Waals surface area contributed by atoms with Gasteiger partial charge in [0.1, 0.15) is 5.82 Å². The monoisotopic (exact) mass is 223 g/mol. The molecule has 2 rings (SSSR count). The van der Waals surface area contributed by atoms with Gasteiger partial charge in [0, 0.05) is 12.3 Å². The first-order chi connectivity index (χ1) is 7.24. The van der Waals surface area contributed by atoms with E-state index < -0.39 is 0 Å². The number of nitrogens with one attached hydrogen (secondary N) is 1. The average molecular weight is 224 g/mol. The van der Waals surface area contributed by atoms with Crippen LogP contribution in [0.4, 0.5) is 5.82 Å². The number of nitrogens with zero attached hydrogens (tertiary/aromatic N) is 2. The van der Waals surface area contributed by atoms with E-state index in [2.05, 4.69) is 15.5 Å². The first kappa shape index (κ1) is 9.98. The zero-order valence-corrected chi connectivity index (χ0v) is 8.95. The highest BCUT2D eigenvalue weighted by Crippen LogP contribution is 2.11. The second-order valence-corrected chi connectivity index (χ2v) is 3.59. The topological polar surface area (TPSA) is 51.0 Å². The number of hydrogen-bond acceptors (Lipinski definition) is 4. The quantitative estimate of drug-likeness (QED) is 0.869. The summed E-state index contributed by atoms with van der Waals surface area (Å²) in [7, 11) is 0. The van der Waals surface area contributed by atoms with Crippen LogP contribution in [-0.4, -0.2) is 10.1 Å². The van der Waals surface area contributed by atoms with Gasteiger partial charge < -0.3 is 9.84 Å². The highest BCUT2D eigenvalue weighted by Gasteiger charge is 2.00. The van der Waals surface area contributed by atoms with E-state index in [0.717, 1.165) is 17.3 Å². The maximum Gasteiger partial charge on any atom is 0.156 e. The van der Waals surface area contributed by atoms with Gasteiger partial charge in [0.05, 0.1) is 17.3 Å². The second kappa shape index (κ2) is 4.31. The summed E-state index contributed by atoms with van der Waals surface area (Å²) in [5.74, 6) is 1.54. The Morgan fingerprint density at radius 3 is 2.93 bits per heavy atom. The molecule has 2 aromatic heterocycles. The van der Waals surface area contributed by atoms with Crippen molar-refractivity contribution in [2.24, 2.45) is 0 Å². The van der Waals surface area contributed by atoms with E-state index in [1.807, 2.05) is 19.1 Å². The number of aromatic nitrogens is 2. The third-order valence-electron chi connectivity index (χ3n) is 1.85. The van der Waals surface area contributed by atoms with Gasteiger partial charge in [-0.15, -0.1) is 0 Å². The molecule has 0 amide bonds. The van der Waals surface area contributed by atoms with Crippen molar-refractivity contribution in [1.82, 2.24) is 10.1 Å². The lowest BCUT2D eigenvalue weighted by Crippen LogP contribution is -1.99. The summed E-state index contributed by atoms with van der Waals surface area (Å²) in [5, 5.41) is 7.51. The first-order valence-corrected chi connectivity index (χ1v) is 4.89. The van der Waals surface area contributed by atoms with Crippen molar-refractivity contribution < 1.29 is 4.52 Å². The molecule has 0 aliphatic rings. The highest BCUT2D eigenvalue weighted by atomic mass is 35.5. The predicted molar refractivity (Wildman–Crippen MR) is 57.8 cm³/mol. The van der Waals surface area contributed by atoms with E-state index in [9.17, 15) is 0 Å². The molecule has 0 aliphatic heterocycles. The minimum absolute atomic E-state index is 0.565. The van der Waals surface area contributed by atoms with Crippen molar-refractivity contribution in [3.05, 3.63) is 40.9 Å². The maximum absolute atomic E-state index is 5.71. The molecule has 0 bridgehead atoms. The minimum Gasteiger partial charge on any atom is -0.363 e. The van der Waals surface area contributed by atoms with Crippen LogP contribution in [0.25, 0.3) is 0 Å². The molecule has 15 heavy (non-hydrogen) atoms. The van der Waals surface area contributed by atoms with E-state index in [1.165, 1.54) is 0 Å². The molecule has 78 valence electrons. The fraction of sp³-hybridized carbons (Fsp3) is 0.200. The summed E-state index contributed by atoms with van der Waals surface area (Å²) in [4.78, 5) is 4.10. The molecular formula is C10H10ClN3O. The standard InChI is InChI=1S/C10H10ClN3O/c1-7-4-9(15-14-7)6-13-10-3-2-8(11)5-12-10/h2-5H,6H2,1H3,(H,12,13). The van der Waals surface area contributed by atoms with Gasteiger partial charge in [-0.3, -0.25) is 0 Å². The van der Waals surface area contributed by atoms with Crippen molar-refractivity contribution in [2.75, 3.05) is 5.32 Å². The zero-order valence-electron chi connectivity index (χ0n) is 8.20. The normalized spacial score (nSPS) is 10.3. The van der Waals surface area contributed by atoms with Crippen LogP contribution in [0.15, 0.2) is 28.9 Å². The van der Waals surface area contributed by atoms with Crippen LogP contribution in [0.3, 0.4) is 0 Å². The molecule has 0 saturated heterocycles. The molecule has 5 heteroatoms. The van der Waals surface area contributed by atoms with Crippen molar-refractivity contribution in [2.45, 2.75) is 13.5 Å². The molecule has 0 saturated carbocycles. The van der Waals surface area contributed by atoms with Gasteiger partial charge in [0.25, 0.3) is 0 Å². The van der Waals surface area contributed by atoms with Crippen molar-refractivity contribution in [3.63, 3.8) is 0 Å². The van der Waals surface area contributed by atoms with Crippen LogP contribution in [0, 0.1) is 6.92 Å². The van der Waals surface area contributed by atoms with Crippen molar-refractivity contribution in [3.8, 4) is 0 Å². The van der Waals surface area contributed by atoms with Gasteiger partial charge in [-0.05, 0) is 19.1 Å². The molecule has 0 aromatic carbocycles. The summed E-state index contributed by atoms with van der Waals surface area (Å²) in [6.45, 7) is 2.45. The van der Waals surface area contributed by atoms with Crippen molar-refractivity contribution >= 4 is 17.4 Å². The largest absolute Gasteiger partial charge is 0.363 e. The molecule has 2 aromatic rings. The molecule has 0 aliphatic carbocycles. The fourth-order valence-corrected chi connectivity index (χ4v) is 1.27. The third kappa shape index (κ3) is 2.70. The molecule has 2 heterocycles. The average Bonchev–Trinajstić information content (AvgIpc) is 2.64. The van der Waals surface area contributed by atoms with E-state index in [1.54, 1.807) is 12.3 Å². The lowest BCUT2D eigenvalue weighted by atomic mass is 10.4. The third-order valence-corrected chi connectivity index (χ3v) is 2.07. The summed E-state index contributed by atoms with van der Waals surface area (Å²) >= 11 is 5.71. The molecule has 0 spiro atoms. The Kier molecular flexibility index (Phi) is 2.87. The van der Waals surface area contributed by atoms with Gasteiger partial charge in [-0.25, -0.2) is 4.98 Å². The molecule has 1 N–H and O–H groups in total. The fourth-order valence-electron chi connectivity index (χ4n) is 1.16. The number of anilines is 1. The highest BCUT2D eigenvalue weighted by molar-refractivity contribution is 6.30. The van der Waals surface area contributed by atoms with Crippen LogP contribution in [0.1, 0.15) is 11.5 Å². The number of rotatable bonds is 3. The minimum atomic E-state index is 0.565. The van der Waals surface area contributed by atoms with E-state index in [-0.39, 0.29) is 0 Å². The van der Waals surface area contributed by atoms with Gasteiger partial charge in [0.15, 0.2) is 5.76 Å². The Morgan fingerprint density at radius 1 is 1.47 bits per heavy atom. The number of hydrogen-bond donors (Lipinski definition) is 1. The number of halogens is 1. The Labute approximate surface area is 92.3 Å². The Morgan fingerprint density at radius 2 is 2.33 bits per heavy atom. The summed E-state index contributed by atoms with van der Waals surface area (Å²) in [5.41, 5.74) is 0.871. The van der Waals surface area contributed by atoms with Gasteiger partial charge in [0.2, 0.25) is 0 Å². The Balaban J connectivity index is 1.96. The Hall–Kier alpha value is -1.55. The predicted octanol–water partition coefficient (Wildman–Crippen LogP) is 2.64. The van der Waals surface area contributed by atoms with Gasteiger partial charge in [-0.1, -0.05) is 16.8 Å².